The molecule has 0 saturated carbocycles. The number of sulfonamides is 1. The van der Waals surface area contributed by atoms with Crippen LogP contribution in [0.4, 0.5) is 11.4 Å². The number of hydrogen-bond donors (Lipinski definition) is 2. The van der Waals surface area contributed by atoms with Gasteiger partial charge in [0.25, 0.3) is 0 Å². The van der Waals surface area contributed by atoms with E-state index in [9.17, 15) is 13.2 Å². The van der Waals surface area contributed by atoms with Gasteiger partial charge in [-0.05, 0) is 48.5 Å². The van der Waals surface area contributed by atoms with E-state index in [-0.39, 0.29) is 11.7 Å². The monoisotopic (exact) mass is 543 g/mol. The summed E-state index contributed by atoms with van der Waals surface area (Å²) in [5, 5.41) is 12.0. The first-order valence-corrected chi connectivity index (χ1v) is 13.8. The highest BCUT2D eigenvalue weighted by molar-refractivity contribution is 7.99. The minimum Gasteiger partial charge on any atom is -0.497 e. The second-order valence-electron chi connectivity index (χ2n) is 7.83. The fourth-order valence-electron chi connectivity index (χ4n) is 3.44. The highest BCUT2D eigenvalue weighted by atomic mass is 32.2. The van der Waals surface area contributed by atoms with Gasteiger partial charge < -0.3 is 19.2 Å². The molecule has 0 saturated heterocycles. The van der Waals surface area contributed by atoms with Crippen molar-refractivity contribution in [3.8, 4) is 22.9 Å². The molecule has 2 N–H and O–H groups in total. The van der Waals surface area contributed by atoms with E-state index in [4.69, 9.17) is 13.9 Å². The highest BCUT2D eigenvalue weighted by Gasteiger charge is 2.18. The zero-order valence-electron chi connectivity index (χ0n) is 20.3. The number of methoxy groups -OCH3 is 2. The molecule has 11 nitrogen and oxygen atoms in total. The Labute approximate surface area is 218 Å². The highest BCUT2D eigenvalue weighted by Crippen LogP contribution is 2.30. The van der Waals surface area contributed by atoms with Crippen LogP contribution in [0.2, 0.25) is 0 Å². The van der Waals surface area contributed by atoms with E-state index in [0.29, 0.717) is 46.2 Å². The normalized spacial score (nSPS) is 11.2. The molecule has 0 aliphatic rings. The standard InChI is InChI=1S/C24H25N5O6S2/c1-33-18-10-11-21(34-2)20(13-18)25-22(30)15-36-24-27-26-23(29(24)14-19-5-4-12-35-19)16-6-8-17(9-7-16)28-37(3,31)32/h4-13,28H,14-15H2,1-3H3,(H,25,30). The van der Waals surface area contributed by atoms with Crippen LogP contribution < -0.4 is 19.5 Å². The Bertz CT molecular complexity index is 1470. The Morgan fingerprint density at radius 2 is 1.86 bits per heavy atom. The van der Waals surface area contributed by atoms with Crippen LogP contribution in [0.15, 0.2) is 70.4 Å². The van der Waals surface area contributed by atoms with Crippen LogP contribution in [0.3, 0.4) is 0 Å². The maximum Gasteiger partial charge on any atom is 0.234 e. The molecule has 4 rings (SSSR count). The van der Waals surface area contributed by atoms with Crippen LogP contribution in [-0.2, 0) is 21.4 Å². The lowest BCUT2D eigenvalue weighted by atomic mass is 10.2. The van der Waals surface area contributed by atoms with Gasteiger partial charge in [-0.3, -0.25) is 14.1 Å². The van der Waals surface area contributed by atoms with Crippen LogP contribution in [0, 0.1) is 0 Å². The number of ether oxygens (including phenoxy) is 2. The molecule has 194 valence electrons. The molecule has 0 aliphatic heterocycles. The van der Waals surface area contributed by atoms with E-state index >= 15 is 0 Å². The lowest BCUT2D eigenvalue weighted by Crippen LogP contribution is -2.15. The number of carbonyl (C=O) groups is 1. The number of thioether (sulfide) groups is 1. The number of aromatic nitrogens is 3. The first-order chi connectivity index (χ1) is 17.8. The molecule has 0 spiro atoms. The summed E-state index contributed by atoms with van der Waals surface area (Å²) >= 11 is 1.22. The number of furan rings is 1. The molecule has 1 amide bonds. The molecule has 4 aromatic rings. The predicted molar refractivity (Wildman–Crippen MR) is 141 cm³/mol. The number of rotatable bonds is 11. The van der Waals surface area contributed by atoms with Gasteiger partial charge in [0.15, 0.2) is 11.0 Å². The molecule has 2 aromatic carbocycles. The average molecular weight is 544 g/mol. The zero-order chi connectivity index (χ0) is 26.4. The maximum absolute atomic E-state index is 12.7. The maximum atomic E-state index is 12.7. The molecule has 0 radical (unpaired) electrons. The van der Waals surface area contributed by atoms with Crippen LogP contribution in [0.1, 0.15) is 5.76 Å². The summed E-state index contributed by atoms with van der Waals surface area (Å²) in [7, 11) is -0.325. The first-order valence-electron chi connectivity index (χ1n) is 10.9. The molecule has 0 aliphatic carbocycles. The number of nitrogens with one attached hydrogen (secondary N) is 2. The van der Waals surface area contributed by atoms with Gasteiger partial charge in [0.05, 0.1) is 44.7 Å². The van der Waals surface area contributed by atoms with Gasteiger partial charge in [-0.1, -0.05) is 11.8 Å². The molecule has 2 heterocycles. The van der Waals surface area contributed by atoms with Gasteiger partial charge in [0.1, 0.15) is 17.3 Å². The van der Waals surface area contributed by atoms with E-state index < -0.39 is 10.0 Å². The number of hydrogen-bond acceptors (Lipinski definition) is 9. The minimum absolute atomic E-state index is 0.0634. The second-order valence-corrected chi connectivity index (χ2v) is 10.5. The Morgan fingerprint density at radius 1 is 1.08 bits per heavy atom. The second kappa shape index (κ2) is 11.4. The minimum atomic E-state index is -3.39. The molecule has 0 atom stereocenters. The van der Waals surface area contributed by atoms with Crippen molar-refractivity contribution in [2.75, 3.05) is 36.3 Å². The number of anilines is 2. The number of benzene rings is 2. The molecule has 37 heavy (non-hydrogen) atoms. The lowest BCUT2D eigenvalue weighted by Gasteiger charge is -2.12. The van der Waals surface area contributed by atoms with E-state index in [1.54, 1.807) is 61.9 Å². The number of amides is 1. The van der Waals surface area contributed by atoms with E-state index in [1.807, 2.05) is 10.6 Å². The molecular weight excluding hydrogens is 518 g/mol. The fourth-order valence-corrected chi connectivity index (χ4v) is 4.74. The third-order valence-electron chi connectivity index (χ3n) is 5.07. The van der Waals surface area contributed by atoms with Gasteiger partial charge >= 0.3 is 0 Å². The smallest absolute Gasteiger partial charge is 0.234 e. The quantitative estimate of drug-likeness (QED) is 0.271. The van der Waals surface area contributed by atoms with Crippen molar-refractivity contribution in [3.05, 3.63) is 66.6 Å². The van der Waals surface area contributed by atoms with Crippen molar-refractivity contribution >= 4 is 39.1 Å². The summed E-state index contributed by atoms with van der Waals surface area (Å²) in [6.45, 7) is 0.340. The molecular formula is C24H25N5O6S2. The van der Waals surface area contributed by atoms with Crippen LogP contribution in [0.25, 0.3) is 11.4 Å². The summed E-state index contributed by atoms with van der Waals surface area (Å²) in [5.41, 5.74) is 1.64. The predicted octanol–water partition coefficient (Wildman–Crippen LogP) is 3.71. The first kappa shape index (κ1) is 26.1. The van der Waals surface area contributed by atoms with Crippen LogP contribution in [0.5, 0.6) is 11.5 Å². The number of nitrogens with zero attached hydrogens (tertiary/aromatic N) is 3. The van der Waals surface area contributed by atoms with Crippen molar-refractivity contribution in [2.45, 2.75) is 11.7 Å². The Hall–Kier alpha value is -3.97. The number of carbonyl (C=O) groups excluding carboxylic acids is 1. The average Bonchev–Trinajstić information content (AvgIpc) is 3.52. The summed E-state index contributed by atoms with van der Waals surface area (Å²) < 4.78 is 43.3. The summed E-state index contributed by atoms with van der Waals surface area (Å²) in [4.78, 5) is 12.7. The van der Waals surface area contributed by atoms with Gasteiger partial charge in [-0.2, -0.15) is 0 Å². The summed E-state index contributed by atoms with van der Waals surface area (Å²) in [6.07, 6.45) is 2.66. The summed E-state index contributed by atoms with van der Waals surface area (Å²) in [5.74, 6) is 2.12. The Kier molecular flexibility index (Phi) is 8.04. The Morgan fingerprint density at radius 3 is 2.51 bits per heavy atom. The summed E-state index contributed by atoms with van der Waals surface area (Å²) in [6, 6.07) is 15.5. The van der Waals surface area contributed by atoms with Crippen molar-refractivity contribution < 1.29 is 27.1 Å². The zero-order valence-corrected chi connectivity index (χ0v) is 21.9. The van der Waals surface area contributed by atoms with Crippen molar-refractivity contribution in [2.24, 2.45) is 0 Å². The van der Waals surface area contributed by atoms with Crippen molar-refractivity contribution in [3.63, 3.8) is 0 Å². The topological polar surface area (TPSA) is 138 Å². The molecule has 0 unspecified atom stereocenters. The molecule has 13 heteroatoms. The van der Waals surface area contributed by atoms with Gasteiger partial charge in [-0.15, -0.1) is 10.2 Å². The van der Waals surface area contributed by atoms with Crippen molar-refractivity contribution in [1.82, 2.24) is 14.8 Å². The molecule has 2 aromatic heterocycles. The largest absolute Gasteiger partial charge is 0.497 e. The van der Waals surface area contributed by atoms with E-state index in [0.717, 1.165) is 11.8 Å². The van der Waals surface area contributed by atoms with Crippen LogP contribution in [-0.4, -0.2) is 55.3 Å². The third-order valence-corrected chi connectivity index (χ3v) is 6.64. The Balaban J connectivity index is 1.54. The van der Waals surface area contributed by atoms with E-state index in [2.05, 4.69) is 20.2 Å². The van der Waals surface area contributed by atoms with Gasteiger partial charge in [-0.25, -0.2) is 8.42 Å². The van der Waals surface area contributed by atoms with Crippen molar-refractivity contribution in [1.29, 1.82) is 0 Å². The molecule has 0 bridgehead atoms. The van der Waals surface area contributed by atoms with Crippen LogP contribution >= 0.6 is 11.8 Å². The van der Waals surface area contributed by atoms with Gasteiger partial charge in [0, 0.05) is 17.3 Å². The SMILES string of the molecule is COc1ccc(OC)c(NC(=O)CSc2nnc(-c3ccc(NS(C)(=O)=O)cc3)n2Cc2ccco2)c1. The fraction of sp³-hybridized carbons (Fsp3) is 0.208. The van der Waals surface area contributed by atoms with Gasteiger partial charge in [0.2, 0.25) is 15.9 Å². The lowest BCUT2D eigenvalue weighted by molar-refractivity contribution is -0.113. The van der Waals surface area contributed by atoms with E-state index in [1.165, 1.54) is 18.9 Å². The third kappa shape index (κ3) is 6.83. The molecule has 0 fully saturated rings.